The van der Waals surface area contributed by atoms with Crippen LogP contribution in [0.15, 0.2) is 67.8 Å². The molecule has 4 aromatic rings. The van der Waals surface area contributed by atoms with Gasteiger partial charge in [0.15, 0.2) is 10.9 Å². The number of hydrazone groups is 1. The summed E-state index contributed by atoms with van der Waals surface area (Å²) >= 11 is 1.42. The summed E-state index contributed by atoms with van der Waals surface area (Å²) in [5.41, 5.74) is 1.54. The van der Waals surface area contributed by atoms with Gasteiger partial charge in [0.05, 0.1) is 12.0 Å². The van der Waals surface area contributed by atoms with Gasteiger partial charge in [0.25, 0.3) is 5.91 Å². The van der Waals surface area contributed by atoms with E-state index in [9.17, 15) is 4.79 Å². The van der Waals surface area contributed by atoms with Crippen molar-refractivity contribution in [3.05, 3.63) is 66.1 Å². The van der Waals surface area contributed by atoms with Crippen LogP contribution in [0.3, 0.4) is 0 Å². The van der Waals surface area contributed by atoms with Gasteiger partial charge in [-0.15, -0.1) is 10.2 Å². The summed E-state index contributed by atoms with van der Waals surface area (Å²) in [6, 6.07) is 13.7. The molecule has 4 heterocycles. The zero-order valence-corrected chi connectivity index (χ0v) is 19.9. The molecule has 0 saturated heterocycles. The van der Waals surface area contributed by atoms with Crippen LogP contribution in [0.1, 0.15) is 68.5 Å². The van der Waals surface area contributed by atoms with E-state index in [1.807, 2.05) is 42.5 Å². The van der Waals surface area contributed by atoms with Crippen LogP contribution >= 0.6 is 11.8 Å². The van der Waals surface area contributed by atoms with Gasteiger partial charge in [-0.2, -0.15) is 5.10 Å². The lowest BCUT2D eigenvalue weighted by Crippen LogP contribution is -2.28. The van der Waals surface area contributed by atoms with E-state index in [1.54, 1.807) is 6.26 Å². The van der Waals surface area contributed by atoms with Gasteiger partial charge in [0.1, 0.15) is 28.9 Å². The number of nitrogens with zero attached hydrogens (tertiary/aromatic N) is 5. The van der Waals surface area contributed by atoms with Crippen LogP contribution < -0.4 is 0 Å². The Balaban J connectivity index is 1.26. The minimum atomic E-state index is -0.307. The lowest BCUT2D eigenvalue weighted by Gasteiger charge is -2.19. The second-order valence-corrected chi connectivity index (χ2v) is 10.00. The van der Waals surface area contributed by atoms with Gasteiger partial charge in [-0.05, 0) is 37.1 Å². The Hall–Kier alpha value is -3.33. The number of carbonyl (C=O) groups is 1. The van der Waals surface area contributed by atoms with E-state index < -0.39 is 0 Å². The maximum absolute atomic E-state index is 13.4. The monoisotopic (exact) mass is 475 g/mol. The van der Waals surface area contributed by atoms with Crippen LogP contribution in [0.25, 0.3) is 11.0 Å². The van der Waals surface area contributed by atoms with E-state index in [2.05, 4.69) is 28.6 Å². The van der Waals surface area contributed by atoms with Crippen LogP contribution in [-0.2, 0) is 4.79 Å². The molecular formula is C25H25N5O3S. The van der Waals surface area contributed by atoms with Gasteiger partial charge in [-0.3, -0.25) is 4.79 Å². The number of aromatic nitrogens is 3. The number of hydrogen-bond donors (Lipinski definition) is 0. The summed E-state index contributed by atoms with van der Waals surface area (Å²) < 4.78 is 13.9. The lowest BCUT2D eigenvalue weighted by atomic mass is 10.1. The molecule has 8 nitrogen and oxygen atoms in total. The number of amides is 1. The van der Waals surface area contributed by atoms with Crippen molar-refractivity contribution >= 4 is 34.3 Å². The number of furan rings is 2. The topological polar surface area (TPSA) is 89.7 Å². The number of carbonyl (C=O) groups excluding carboxylic acids is 1. The van der Waals surface area contributed by atoms with Crippen molar-refractivity contribution in [3.63, 3.8) is 0 Å². The average Bonchev–Trinajstić information content (AvgIpc) is 3.29. The van der Waals surface area contributed by atoms with Gasteiger partial charge >= 0.3 is 0 Å². The standard InChI is InChI=1S/C25H25N5O3S/c1-15(2)24-26-27-25(29(24)17-9-10-17)34-14-23(31)30-19(21-8-5-11-32-21)13-18(28-30)22-12-16-6-3-4-7-20(16)33-22/h3-8,11-12,15,17,19H,9-10,13-14H2,1-2H3. The molecule has 1 saturated carbocycles. The van der Waals surface area contributed by atoms with Gasteiger partial charge in [0, 0.05) is 23.8 Å². The Morgan fingerprint density at radius 3 is 2.76 bits per heavy atom. The van der Waals surface area contributed by atoms with E-state index in [-0.39, 0.29) is 23.6 Å². The Bertz CT molecular complexity index is 1330. The Kier molecular flexibility index (Phi) is 5.28. The molecule has 174 valence electrons. The fourth-order valence-corrected chi connectivity index (χ4v) is 5.23. The number of hydrogen-bond acceptors (Lipinski definition) is 7. The molecule has 6 rings (SSSR count). The highest BCUT2D eigenvalue weighted by Gasteiger charge is 2.37. The van der Waals surface area contributed by atoms with E-state index in [0.29, 0.717) is 24.0 Å². The lowest BCUT2D eigenvalue weighted by molar-refractivity contribution is -0.130. The zero-order valence-electron chi connectivity index (χ0n) is 19.0. The molecule has 1 aromatic carbocycles. The third-order valence-electron chi connectivity index (χ3n) is 6.19. The van der Waals surface area contributed by atoms with Crippen LogP contribution in [0.2, 0.25) is 0 Å². The van der Waals surface area contributed by atoms with E-state index >= 15 is 0 Å². The Morgan fingerprint density at radius 2 is 2.03 bits per heavy atom. The van der Waals surface area contributed by atoms with Gasteiger partial charge in [-0.1, -0.05) is 43.8 Å². The van der Waals surface area contributed by atoms with Crippen molar-refractivity contribution in [1.29, 1.82) is 0 Å². The molecule has 0 N–H and O–H groups in total. The maximum Gasteiger partial charge on any atom is 0.253 e. The molecule has 1 aliphatic heterocycles. The van der Waals surface area contributed by atoms with Crippen molar-refractivity contribution in [2.24, 2.45) is 5.10 Å². The largest absolute Gasteiger partial charge is 0.467 e. The third kappa shape index (κ3) is 3.83. The minimum Gasteiger partial charge on any atom is -0.467 e. The highest BCUT2D eigenvalue weighted by Crippen LogP contribution is 2.40. The van der Waals surface area contributed by atoms with Crippen molar-refractivity contribution in [3.8, 4) is 0 Å². The first-order chi connectivity index (χ1) is 16.6. The summed E-state index contributed by atoms with van der Waals surface area (Å²) in [7, 11) is 0. The van der Waals surface area contributed by atoms with Gasteiger partial charge in [0.2, 0.25) is 0 Å². The van der Waals surface area contributed by atoms with E-state index in [4.69, 9.17) is 13.9 Å². The van der Waals surface area contributed by atoms with Crippen molar-refractivity contribution < 1.29 is 13.6 Å². The van der Waals surface area contributed by atoms with E-state index in [1.165, 1.54) is 16.8 Å². The Morgan fingerprint density at radius 1 is 1.18 bits per heavy atom. The normalized spacial score (nSPS) is 18.3. The molecule has 0 bridgehead atoms. The predicted octanol–water partition coefficient (Wildman–Crippen LogP) is 5.55. The predicted molar refractivity (Wildman–Crippen MR) is 129 cm³/mol. The number of thioether (sulfide) groups is 1. The summed E-state index contributed by atoms with van der Waals surface area (Å²) in [6.45, 7) is 4.24. The minimum absolute atomic E-state index is 0.103. The van der Waals surface area contributed by atoms with Gasteiger partial charge in [-0.25, -0.2) is 5.01 Å². The molecule has 1 fully saturated rings. The third-order valence-corrected chi connectivity index (χ3v) is 7.12. The quantitative estimate of drug-likeness (QED) is 0.326. The molecule has 2 aliphatic rings. The summed E-state index contributed by atoms with van der Waals surface area (Å²) in [5.74, 6) is 2.77. The van der Waals surface area contributed by atoms with Crippen LogP contribution in [-0.4, -0.2) is 37.1 Å². The highest BCUT2D eigenvalue weighted by atomic mass is 32.2. The number of benzene rings is 1. The molecule has 1 aliphatic carbocycles. The summed E-state index contributed by atoms with van der Waals surface area (Å²) in [4.78, 5) is 13.4. The number of para-hydroxylation sites is 1. The fourth-order valence-electron chi connectivity index (χ4n) is 4.36. The Labute approximate surface area is 201 Å². The highest BCUT2D eigenvalue weighted by molar-refractivity contribution is 7.99. The van der Waals surface area contributed by atoms with Crippen LogP contribution in [0.4, 0.5) is 0 Å². The maximum atomic E-state index is 13.4. The van der Waals surface area contributed by atoms with Crippen LogP contribution in [0.5, 0.6) is 0 Å². The number of fused-ring (bicyclic) bond motifs is 1. The first-order valence-corrected chi connectivity index (χ1v) is 12.6. The molecule has 9 heteroatoms. The SMILES string of the molecule is CC(C)c1nnc(SCC(=O)N2N=C(c3cc4ccccc4o3)CC2c2ccco2)n1C1CC1. The fraction of sp³-hybridized carbons (Fsp3) is 0.360. The molecular weight excluding hydrogens is 450 g/mol. The molecule has 0 radical (unpaired) electrons. The van der Waals surface area contributed by atoms with Crippen molar-refractivity contribution in [1.82, 2.24) is 19.8 Å². The summed E-state index contributed by atoms with van der Waals surface area (Å²) in [5, 5.41) is 16.8. The molecule has 1 amide bonds. The second kappa shape index (κ2) is 8.47. The van der Waals surface area contributed by atoms with Crippen molar-refractivity contribution in [2.75, 3.05) is 5.75 Å². The zero-order chi connectivity index (χ0) is 23.2. The van der Waals surface area contributed by atoms with Gasteiger partial charge < -0.3 is 13.4 Å². The first kappa shape index (κ1) is 21.2. The second-order valence-electron chi connectivity index (χ2n) is 9.05. The van der Waals surface area contributed by atoms with E-state index in [0.717, 1.165) is 40.5 Å². The number of rotatable bonds is 7. The molecule has 1 atom stereocenters. The molecule has 1 unspecified atom stereocenters. The van der Waals surface area contributed by atoms with Crippen molar-refractivity contribution in [2.45, 2.75) is 56.3 Å². The van der Waals surface area contributed by atoms with Crippen LogP contribution in [0, 0.1) is 0 Å². The first-order valence-electron chi connectivity index (χ1n) is 11.6. The molecule has 34 heavy (non-hydrogen) atoms. The molecule has 3 aromatic heterocycles. The molecule has 0 spiro atoms. The smallest absolute Gasteiger partial charge is 0.253 e. The summed E-state index contributed by atoms with van der Waals surface area (Å²) in [6.07, 6.45) is 4.42. The average molecular weight is 476 g/mol.